The normalized spacial score (nSPS) is 20.3. The molecule has 1 aromatic heterocycles. The van der Waals surface area contributed by atoms with Crippen LogP contribution in [0.1, 0.15) is 13.8 Å². The Hall–Kier alpha value is -2.10. The van der Waals surface area contributed by atoms with E-state index in [1.54, 1.807) is 44.4 Å². The van der Waals surface area contributed by atoms with Crippen LogP contribution in [0.2, 0.25) is 0 Å². The first kappa shape index (κ1) is 19.7. The van der Waals surface area contributed by atoms with Crippen LogP contribution < -0.4 is 5.73 Å². The molecule has 0 saturated carbocycles. The molecule has 1 amide bonds. The van der Waals surface area contributed by atoms with Gasteiger partial charge in [0, 0.05) is 29.4 Å². The number of aromatic nitrogens is 1. The van der Waals surface area contributed by atoms with Crippen LogP contribution in [0.25, 0.3) is 11.1 Å². The lowest BCUT2D eigenvalue weighted by Crippen LogP contribution is -2.60. The predicted molar refractivity (Wildman–Crippen MR) is 105 cm³/mol. The third-order valence-electron chi connectivity index (χ3n) is 4.56. The van der Waals surface area contributed by atoms with Gasteiger partial charge in [0.25, 0.3) is 0 Å². The molecule has 1 saturated heterocycles. The molecule has 0 radical (unpaired) electrons. The Morgan fingerprint density at radius 2 is 1.93 bits per heavy atom. The fourth-order valence-corrected chi connectivity index (χ4v) is 6.47. The summed E-state index contributed by atoms with van der Waals surface area (Å²) in [5.41, 5.74) is 6.98. The smallest absolute Gasteiger partial charge is 0.247 e. The zero-order valence-electron chi connectivity index (χ0n) is 15.0. The molecule has 3 N–H and O–H groups in total. The van der Waals surface area contributed by atoms with E-state index in [1.165, 1.54) is 23.9 Å². The van der Waals surface area contributed by atoms with Crippen molar-refractivity contribution >= 4 is 27.7 Å². The molecule has 1 atom stereocenters. The fraction of sp³-hybridized carbons (Fsp3) is 0.333. The summed E-state index contributed by atoms with van der Waals surface area (Å²) in [4.78, 5) is 15.7. The number of phenols is 1. The minimum absolute atomic E-state index is 0.148. The van der Waals surface area contributed by atoms with E-state index in [1.807, 2.05) is 0 Å². The maximum atomic E-state index is 13.2. The van der Waals surface area contributed by atoms with Crippen LogP contribution in [0.5, 0.6) is 5.75 Å². The lowest BCUT2D eigenvalue weighted by Gasteiger charge is -2.43. The number of pyridine rings is 1. The first-order valence-electron chi connectivity index (χ1n) is 8.33. The highest BCUT2D eigenvalue weighted by Gasteiger charge is 2.47. The first-order chi connectivity index (χ1) is 12.6. The molecule has 1 aliphatic heterocycles. The summed E-state index contributed by atoms with van der Waals surface area (Å²) in [6.07, 6.45) is 3.23. The number of nitrogens with zero attached hydrogens (tertiary/aromatic N) is 2. The van der Waals surface area contributed by atoms with Crippen LogP contribution in [0.15, 0.2) is 47.6 Å². The molecule has 1 unspecified atom stereocenters. The largest absolute Gasteiger partial charge is 0.507 e. The highest BCUT2D eigenvalue weighted by molar-refractivity contribution is 8.01. The first-order valence-corrected chi connectivity index (χ1v) is 10.8. The number of carbonyl (C=O) groups is 1. The third kappa shape index (κ3) is 3.67. The van der Waals surface area contributed by atoms with E-state index < -0.39 is 26.7 Å². The molecule has 1 aliphatic rings. The van der Waals surface area contributed by atoms with Gasteiger partial charge in [0.1, 0.15) is 16.7 Å². The minimum atomic E-state index is -4.10. The molecule has 2 heterocycles. The summed E-state index contributed by atoms with van der Waals surface area (Å²) in [5, 5.41) is 10.4. The van der Waals surface area contributed by atoms with E-state index in [-0.39, 0.29) is 17.2 Å². The van der Waals surface area contributed by atoms with Crippen molar-refractivity contribution in [3.63, 3.8) is 0 Å². The summed E-state index contributed by atoms with van der Waals surface area (Å²) in [7, 11) is -4.10. The van der Waals surface area contributed by atoms with Crippen molar-refractivity contribution in [1.29, 1.82) is 0 Å². The molecular weight excluding hydrogens is 386 g/mol. The average Bonchev–Trinajstić information content (AvgIpc) is 2.60. The maximum absolute atomic E-state index is 13.2. The Morgan fingerprint density at radius 1 is 1.26 bits per heavy atom. The van der Waals surface area contributed by atoms with Crippen LogP contribution >= 0.6 is 11.8 Å². The van der Waals surface area contributed by atoms with Crippen molar-refractivity contribution in [1.82, 2.24) is 9.29 Å². The van der Waals surface area contributed by atoms with Gasteiger partial charge in [0.15, 0.2) is 0 Å². The zero-order chi connectivity index (χ0) is 19.8. The standard InChI is InChI=1S/C18H21N3O4S2/c1-18(2)16(17(19)23)21(9-10-26-18)27(24,25)15-4-3-13(11-14(15)22)12-5-7-20-8-6-12/h3-8,11,16,22H,9-10H2,1-2H3,(H2,19,23). The number of thioether (sulfide) groups is 1. The van der Waals surface area contributed by atoms with E-state index >= 15 is 0 Å². The van der Waals surface area contributed by atoms with E-state index in [9.17, 15) is 18.3 Å². The zero-order valence-corrected chi connectivity index (χ0v) is 16.6. The summed E-state index contributed by atoms with van der Waals surface area (Å²) in [5.74, 6) is -0.543. The van der Waals surface area contributed by atoms with Crippen molar-refractivity contribution < 1.29 is 18.3 Å². The van der Waals surface area contributed by atoms with Crippen LogP contribution in [0, 0.1) is 0 Å². The lowest BCUT2D eigenvalue weighted by atomic mass is 10.0. The van der Waals surface area contributed by atoms with Gasteiger partial charge in [-0.1, -0.05) is 6.07 Å². The number of carbonyl (C=O) groups excluding carboxylic acids is 1. The number of primary amides is 1. The molecule has 27 heavy (non-hydrogen) atoms. The van der Waals surface area contributed by atoms with Gasteiger partial charge in [-0.15, -0.1) is 0 Å². The van der Waals surface area contributed by atoms with E-state index in [4.69, 9.17) is 5.73 Å². The van der Waals surface area contributed by atoms with Crippen molar-refractivity contribution in [3.05, 3.63) is 42.7 Å². The van der Waals surface area contributed by atoms with Crippen molar-refractivity contribution in [2.24, 2.45) is 5.73 Å². The number of benzene rings is 1. The maximum Gasteiger partial charge on any atom is 0.247 e. The monoisotopic (exact) mass is 407 g/mol. The second-order valence-corrected chi connectivity index (χ2v) is 10.4. The van der Waals surface area contributed by atoms with Gasteiger partial charge in [0.05, 0.1) is 0 Å². The Kier molecular flexibility index (Phi) is 5.20. The Labute approximate surface area is 162 Å². The van der Waals surface area contributed by atoms with Crippen molar-refractivity contribution in [2.75, 3.05) is 12.3 Å². The number of hydrogen-bond donors (Lipinski definition) is 2. The molecule has 9 heteroatoms. The fourth-order valence-electron chi connectivity index (χ4n) is 3.28. The van der Waals surface area contributed by atoms with Gasteiger partial charge in [-0.05, 0) is 49.2 Å². The molecule has 2 aromatic rings. The molecule has 0 aliphatic carbocycles. The van der Waals surface area contributed by atoms with E-state index in [2.05, 4.69) is 4.98 Å². The number of nitrogens with two attached hydrogens (primary N) is 1. The third-order valence-corrected chi connectivity index (χ3v) is 7.83. The molecule has 3 rings (SSSR count). The number of phenolic OH excluding ortho intramolecular Hbond substituents is 1. The molecule has 7 nitrogen and oxygen atoms in total. The van der Waals surface area contributed by atoms with Crippen LogP contribution in [-0.4, -0.2) is 51.8 Å². The van der Waals surface area contributed by atoms with Crippen molar-refractivity contribution in [2.45, 2.75) is 29.5 Å². The van der Waals surface area contributed by atoms with Crippen LogP contribution in [0.3, 0.4) is 0 Å². The Morgan fingerprint density at radius 3 is 2.52 bits per heavy atom. The van der Waals surface area contributed by atoms with E-state index in [0.717, 1.165) is 9.87 Å². The summed E-state index contributed by atoms with van der Waals surface area (Å²) < 4.78 is 26.8. The van der Waals surface area contributed by atoms with Gasteiger partial charge in [0.2, 0.25) is 15.9 Å². The lowest BCUT2D eigenvalue weighted by molar-refractivity contribution is -0.122. The van der Waals surface area contributed by atoms with Crippen molar-refractivity contribution in [3.8, 4) is 16.9 Å². The second-order valence-electron chi connectivity index (χ2n) is 6.79. The quantitative estimate of drug-likeness (QED) is 0.799. The highest BCUT2D eigenvalue weighted by Crippen LogP contribution is 2.40. The number of sulfonamides is 1. The van der Waals surface area contributed by atoms with Crippen LogP contribution in [0.4, 0.5) is 0 Å². The molecule has 0 bridgehead atoms. The number of aromatic hydroxyl groups is 1. The number of rotatable bonds is 4. The predicted octanol–water partition coefficient (Wildman–Crippen LogP) is 1.82. The van der Waals surface area contributed by atoms with Crippen LogP contribution in [-0.2, 0) is 14.8 Å². The molecule has 1 aromatic carbocycles. The van der Waals surface area contributed by atoms with Gasteiger partial charge in [-0.3, -0.25) is 9.78 Å². The average molecular weight is 408 g/mol. The Bertz CT molecular complexity index is 962. The number of amides is 1. The topological polar surface area (TPSA) is 114 Å². The molecule has 0 spiro atoms. The molecular formula is C18H21N3O4S2. The summed E-state index contributed by atoms with van der Waals surface area (Å²) in [6.45, 7) is 3.73. The van der Waals surface area contributed by atoms with Gasteiger partial charge in [-0.25, -0.2) is 8.42 Å². The molecule has 144 valence electrons. The molecule has 1 fully saturated rings. The summed E-state index contributed by atoms with van der Waals surface area (Å²) in [6, 6.07) is 6.89. The number of hydrogen-bond acceptors (Lipinski definition) is 6. The SMILES string of the molecule is CC1(C)SCCN(S(=O)(=O)c2ccc(-c3ccncc3)cc2O)C1C(N)=O. The van der Waals surface area contributed by atoms with Gasteiger partial charge >= 0.3 is 0 Å². The summed E-state index contributed by atoms with van der Waals surface area (Å²) >= 11 is 1.50. The van der Waals surface area contributed by atoms with Gasteiger partial charge < -0.3 is 10.8 Å². The second kappa shape index (κ2) is 7.14. The van der Waals surface area contributed by atoms with E-state index in [0.29, 0.717) is 11.3 Å². The minimum Gasteiger partial charge on any atom is -0.507 e. The Balaban J connectivity index is 2.03. The highest BCUT2D eigenvalue weighted by atomic mass is 32.2. The van der Waals surface area contributed by atoms with Gasteiger partial charge in [-0.2, -0.15) is 16.1 Å².